The third-order valence-corrected chi connectivity index (χ3v) is 5.67. The van der Waals surface area contributed by atoms with E-state index in [9.17, 15) is 4.39 Å². The number of aromatic nitrogens is 3. The molecular weight excluding hydrogens is 391 g/mol. The Morgan fingerprint density at radius 2 is 2.00 bits per heavy atom. The molecule has 1 saturated carbocycles. The van der Waals surface area contributed by atoms with Crippen LogP contribution in [-0.2, 0) is 0 Å². The molecule has 0 unspecified atom stereocenters. The van der Waals surface area contributed by atoms with Gasteiger partial charge in [0.1, 0.15) is 5.82 Å². The summed E-state index contributed by atoms with van der Waals surface area (Å²) in [5, 5.41) is 9.00. The van der Waals surface area contributed by atoms with Crippen molar-refractivity contribution in [3.8, 4) is 11.4 Å². The van der Waals surface area contributed by atoms with E-state index in [0.717, 1.165) is 35.9 Å². The average molecular weight is 409 g/mol. The minimum absolute atomic E-state index is 0.182. The SMILES string of the molecule is Fc1ccc(-c2noc([C@H]3CC[C@@H](Nc4cnc5ccccc5c4)C3)n2)c(Cl)c1. The monoisotopic (exact) mass is 408 g/mol. The number of para-hydroxylation sites is 1. The normalized spacial score (nSPS) is 19.0. The Morgan fingerprint density at radius 1 is 1.10 bits per heavy atom. The Hall–Kier alpha value is -2.99. The molecule has 2 aromatic heterocycles. The maximum Gasteiger partial charge on any atom is 0.230 e. The van der Waals surface area contributed by atoms with E-state index >= 15 is 0 Å². The van der Waals surface area contributed by atoms with Gasteiger partial charge in [0.05, 0.1) is 22.4 Å². The maximum absolute atomic E-state index is 13.3. The Balaban J connectivity index is 1.28. The quantitative estimate of drug-likeness (QED) is 0.460. The lowest BCUT2D eigenvalue weighted by atomic mass is 10.1. The smallest absolute Gasteiger partial charge is 0.230 e. The van der Waals surface area contributed by atoms with Crippen molar-refractivity contribution in [2.75, 3.05) is 5.32 Å². The molecule has 1 fully saturated rings. The van der Waals surface area contributed by atoms with Gasteiger partial charge in [0.15, 0.2) is 0 Å². The van der Waals surface area contributed by atoms with Crippen LogP contribution in [0.3, 0.4) is 0 Å². The van der Waals surface area contributed by atoms with Crippen molar-refractivity contribution >= 4 is 28.2 Å². The Labute approximate surface area is 171 Å². The van der Waals surface area contributed by atoms with Crippen LogP contribution in [0, 0.1) is 5.82 Å². The number of hydrogen-bond donors (Lipinski definition) is 1. The lowest BCUT2D eigenvalue weighted by Crippen LogP contribution is -2.15. The van der Waals surface area contributed by atoms with E-state index in [1.54, 1.807) is 6.07 Å². The van der Waals surface area contributed by atoms with Gasteiger partial charge in [0.25, 0.3) is 0 Å². The Bertz CT molecular complexity index is 1180. The molecule has 0 spiro atoms. The third kappa shape index (κ3) is 3.68. The van der Waals surface area contributed by atoms with Crippen LogP contribution in [0.15, 0.2) is 59.3 Å². The zero-order valence-corrected chi connectivity index (χ0v) is 16.2. The van der Waals surface area contributed by atoms with Crippen molar-refractivity contribution in [1.29, 1.82) is 0 Å². The van der Waals surface area contributed by atoms with Gasteiger partial charge < -0.3 is 9.84 Å². The van der Waals surface area contributed by atoms with Crippen molar-refractivity contribution in [3.05, 3.63) is 71.5 Å². The van der Waals surface area contributed by atoms with Crippen molar-refractivity contribution in [2.45, 2.75) is 31.2 Å². The second kappa shape index (κ2) is 7.44. The number of anilines is 1. The van der Waals surface area contributed by atoms with Crippen LogP contribution in [0.2, 0.25) is 5.02 Å². The first-order valence-corrected chi connectivity index (χ1v) is 9.94. The Morgan fingerprint density at radius 3 is 2.90 bits per heavy atom. The van der Waals surface area contributed by atoms with Crippen molar-refractivity contribution in [3.63, 3.8) is 0 Å². The number of benzene rings is 2. The summed E-state index contributed by atoms with van der Waals surface area (Å²) in [6, 6.07) is 14.7. The molecule has 5 rings (SSSR count). The Kier molecular flexibility index (Phi) is 4.64. The third-order valence-electron chi connectivity index (χ3n) is 5.36. The molecule has 1 aliphatic carbocycles. The van der Waals surface area contributed by atoms with Crippen LogP contribution >= 0.6 is 11.6 Å². The molecular formula is C22H18ClFN4O. The van der Waals surface area contributed by atoms with E-state index < -0.39 is 5.82 Å². The molecule has 0 saturated heterocycles. The number of fused-ring (bicyclic) bond motifs is 1. The van der Waals surface area contributed by atoms with Crippen molar-refractivity contribution in [1.82, 2.24) is 15.1 Å². The van der Waals surface area contributed by atoms with E-state index in [2.05, 4.69) is 32.6 Å². The van der Waals surface area contributed by atoms with Gasteiger partial charge in [-0.05, 0) is 49.6 Å². The zero-order chi connectivity index (χ0) is 19.8. The van der Waals surface area contributed by atoms with Crippen LogP contribution in [0.25, 0.3) is 22.3 Å². The molecule has 0 aliphatic heterocycles. The maximum atomic E-state index is 13.3. The first-order chi connectivity index (χ1) is 14.2. The molecule has 7 heteroatoms. The molecule has 2 atom stereocenters. The summed E-state index contributed by atoms with van der Waals surface area (Å²) in [6.07, 6.45) is 4.73. The molecule has 0 bridgehead atoms. The van der Waals surface area contributed by atoms with Gasteiger partial charge in [0.2, 0.25) is 11.7 Å². The summed E-state index contributed by atoms with van der Waals surface area (Å²) in [5.74, 6) is 0.776. The van der Waals surface area contributed by atoms with Gasteiger partial charge in [-0.15, -0.1) is 0 Å². The number of rotatable bonds is 4. The minimum atomic E-state index is -0.393. The minimum Gasteiger partial charge on any atom is -0.381 e. The summed E-state index contributed by atoms with van der Waals surface area (Å²) < 4.78 is 18.8. The van der Waals surface area contributed by atoms with Crippen LogP contribution in [0.5, 0.6) is 0 Å². The molecule has 5 nitrogen and oxygen atoms in total. The number of pyridine rings is 1. The second-order valence-corrected chi connectivity index (χ2v) is 7.76. The molecule has 1 aliphatic rings. The summed E-state index contributed by atoms with van der Waals surface area (Å²) >= 11 is 6.11. The molecule has 4 aromatic rings. The summed E-state index contributed by atoms with van der Waals surface area (Å²) in [5.41, 5.74) is 2.57. The van der Waals surface area contributed by atoms with Crippen LogP contribution in [0.1, 0.15) is 31.1 Å². The molecule has 1 N–H and O–H groups in total. The molecule has 2 heterocycles. The highest BCUT2D eigenvalue weighted by Crippen LogP contribution is 2.36. The largest absolute Gasteiger partial charge is 0.381 e. The van der Waals surface area contributed by atoms with Gasteiger partial charge in [-0.1, -0.05) is 35.0 Å². The summed E-state index contributed by atoms with van der Waals surface area (Å²) in [4.78, 5) is 9.02. The fraction of sp³-hybridized carbons (Fsp3) is 0.227. The van der Waals surface area contributed by atoms with Crippen molar-refractivity contribution in [2.24, 2.45) is 0 Å². The van der Waals surface area contributed by atoms with Gasteiger partial charge in [0, 0.05) is 22.9 Å². The average Bonchev–Trinajstić information content (AvgIpc) is 3.37. The number of nitrogens with one attached hydrogen (secondary N) is 1. The lowest BCUT2D eigenvalue weighted by molar-refractivity contribution is 0.354. The molecule has 0 radical (unpaired) electrons. The highest BCUT2D eigenvalue weighted by molar-refractivity contribution is 6.33. The first-order valence-electron chi connectivity index (χ1n) is 9.56. The fourth-order valence-electron chi connectivity index (χ4n) is 3.90. The highest BCUT2D eigenvalue weighted by atomic mass is 35.5. The van der Waals surface area contributed by atoms with Crippen LogP contribution in [0.4, 0.5) is 10.1 Å². The zero-order valence-electron chi connectivity index (χ0n) is 15.5. The first kappa shape index (κ1) is 18.1. The van der Waals surface area contributed by atoms with E-state index in [0.29, 0.717) is 23.3 Å². The standard InChI is InChI=1S/C22H18ClFN4O/c23-19-11-15(24)6-8-18(19)21-27-22(29-28-21)14-5-7-16(10-14)26-17-9-13-3-1-2-4-20(13)25-12-17/h1-4,6,8-9,11-12,14,16,26H,5,7,10H2/t14-,16+/m0/s1. The number of halogens is 2. The van der Waals surface area contributed by atoms with Gasteiger partial charge >= 0.3 is 0 Å². The van der Waals surface area contributed by atoms with E-state index in [4.69, 9.17) is 16.1 Å². The summed E-state index contributed by atoms with van der Waals surface area (Å²) in [6.45, 7) is 0. The van der Waals surface area contributed by atoms with Gasteiger partial charge in [-0.2, -0.15) is 4.98 Å². The molecule has 0 amide bonds. The summed E-state index contributed by atoms with van der Waals surface area (Å²) in [7, 11) is 0. The van der Waals surface area contributed by atoms with Gasteiger partial charge in [-0.3, -0.25) is 4.98 Å². The highest BCUT2D eigenvalue weighted by Gasteiger charge is 2.30. The van der Waals surface area contributed by atoms with Crippen LogP contribution in [-0.4, -0.2) is 21.2 Å². The van der Waals surface area contributed by atoms with Crippen molar-refractivity contribution < 1.29 is 8.91 Å². The topological polar surface area (TPSA) is 63.8 Å². The van der Waals surface area contributed by atoms with E-state index in [-0.39, 0.29) is 10.9 Å². The lowest BCUT2D eigenvalue weighted by Gasteiger charge is -2.14. The number of hydrogen-bond acceptors (Lipinski definition) is 5. The van der Waals surface area contributed by atoms with E-state index in [1.165, 1.54) is 12.1 Å². The molecule has 29 heavy (non-hydrogen) atoms. The molecule has 146 valence electrons. The predicted molar refractivity (Wildman–Crippen MR) is 110 cm³/mol. The predicted octanol–water partition coefficient (Wildman–Crippen LogP) is 5.83. The molecule has 2 aromatic carbocycles. The van der Waals surface area contributed by atoms with Gasteiger partial charge in [-0.25, -0.2) is 4.39 Å². The second-order valence-electron chi connectivity index (χ2n) is 7.35. The van der Waals surface area contributed by atoms with E-state index in [1.807, 2.05) is 24.4 Å². The number of nitrogens with zero attached hydrogens (tertiary/aromatic N) is 3. The fourth-order valence-corrected chi connectivity index (χ4v) is 4.16. The van der Waals surface area contributed by atoms with Crippen LogP contribution < -0.4 is 5.32 Å².